The monoisotopic (exact) mass is 356 g/mol. The van der Waals surface area contributed by atoms with E-state index in [0.29, 0.717) is 11.5 Å². The topological polar surface area (TPSA) is 93.1 Å². The molecule has 6 heteroatoms. The number of aliphatic carboxylic acids is 2. The maximum absolute atomic E-state index is 11.8. The summed E-state index contributed by atoms with van der Waals surface area (Å²) in [6, 6.07) is 14.2. The highest BCUT2D eigenvalue weighted by Crippen LogP contribution is 2.58. The predicted octanol–water partition coefficient (Wildman–Crippen LogP) is 2.99. The van der Waals surface area contributed by atoms with E-state index >= 15 is 0 Å². The van der Waals surface area contributed by atoms with Crippen LogP contribution < -0.4 is 9.47 Å². The summed E-state index contributed by atoms with van der Waals surface area (Å²) in [7, 11) is 3.11. The summed E-state index contributed by atoms with van der Waals surface area (Å²) >= 11 is 0. The van der Waals surface area contributed by atoms with E-state index in [-0.39, 0.29) is 0 Å². The quantitative estimate of drug-likeness (QED) is 0.826. The number of methoxy groups -OCH3 is 2. The van der Waals surface area contributed by atoms with Crippen molar-refractivity contribution in [1.29, 1.82) is 0 Å². The number of ether oxygens (including phenoxy) is 2. The van der Waals surface area contributed by atoms with E-state index in [1.165, 1.54) is 0 Å². The molecule has 1 fully saturated rings. The first-order valence-electron chi connectivity index (χ1n) is 8.21. The van der Waals surface area contributed by atoms with E-state index in [2.05, 4.69) is 0 Å². The van der Waals surface area contributed by atoms with Crippen molar-refractivity contribution in [2.45, 2.75) is 11.8 Å². The zero-order chi connectivity index (χ0) is 18.8. The molecule has 136 valence electrons. The zero-order valence-corrected chi connectivity index (χ0v) is 14.5. The fourth-order valence-electron chi connectivity index (χ4n) is 3.84. The van der Waals surface area contributed by atoms with Crippen molar-refractivity contribution >= 4 is 11.9 Å². The molecule has 0 spiro atoms. The molecular formula is C20H20O6. The van der Waals surface area contributed by atoms with Gasteiger partial charge in [0.05, 0.1) is 26.1 Å². The molecule has 0 bridgehead atoms. The lowest BCUT2D eigenvalue weighted by Gasteiger charge is -2.48. The summed E-state index contributed by atoms with van der Waals surface area (Å²) in [6.07, 6.45) is 0. The van der Waals surface area contributed by atoms with Gasteiger partial charge in [-0.15, -0.1) is 0 Å². The summed E-state index contributed by atoms with van der Waals surface area (Å²) in [5, 5.41) is 19.2. The predicted molar refractivity (Wildman–Crippen MR) is 93.7 cm³/mol. The summed E-state index contributed by atoms with van der Waals surface area (Å²) < 4.78 is 10.3. The van der Waals surface area contributed by atoms with Crippen LogP contribution in [0.3, 0.4) is 0 Å². The Kier molecular flexibility index (Phi) is 4.84. The lowest BCUT2D eigenvalue weighted by molar-refractivity contribution is -0.164. The molecule has 2 N–H and O–H groups in total. The van der Waals surface area contributed by atoms with Crippen LogP contribution in [0, 0.1) is 11.8 Å². The SMILES string of the molecule is COc1ccc([C@@H]2[C@@H](C(=O)O)[C@H](C(=O)O)[C@H]2c2ccc(OC)cc2)cc1. The number of hydrogen-bond acceptors (Lipinski definition) is 4. The van der Waals surface area contributed by atoms with Gasteiger partial charge in [0.1, 0.15) is 11.5 Å². The molecule has 26 heavy (non-hydrogen) atoms. The normalized spacial score (nSPS) is 24.4. The molecule has 0 aliphatic heterocycles. The van der Waals surface area contributed by atoms with Gasteiger partial charge in [-0.3, -0.25) is 9.59 Å². The third-order valence-electron chi connectivity index (χ3n) is 5.12. The maximum atomic E-state index is 11.8. The number of carboxylic acids is 2. The zero-order valence-electron chi connectivity index (χ0n) is 14.5. The molecule has 0 unspecified atom stereocenters. The first-order chi connectivity index (χ1) is 12.5. The molecule has 0 heterocycles. The molecule has 1 saturated carbocycles. The molecule has 4 atom stereocenters. The molecule has 2 aromatic rings. The summed E-state index contributed by atoms with van der Waals surface area (Å²) in [6.45, 7) is 0. The average Bonchev–Trinajstić information content (AvgIpc) is 2.61. The van der Waals surface area contributed by atoms with Crippen LogP contribution in [-0.4, -0.2) is 36.4 Å². The highest BCUT2D eigenvalue weighted by Gasteiger charge is 2.58. The van der Waals surface area contributed by atoms with Gasteiger partial charge in [-0.2, -0.15) is 0 Å². The summed E-state index contributed by atoms with van der Waals surface area (Å²) in [4.78, 5) is 23.5. The van der Waals surface area contributed by atoms with Crippen LogP contribution in [0.25, 0.3) is 0 Å². The van der Waals surface area contributed by atoms with E-state index in [4.69, 9.17) is 9.47 Å². The second kappa shape index (κ2) is 7.07. The largest absolute Gasteiger partial charge is 0.497 e. The van der Waals surface area contributed by atoms with Gasteiger partial charge in [0, 0.05) is 11.8 Å². The Morgan fingerprint density at radius 2 is 1.00 bits per heavy atom. The van der Waals surface area contributed by atoms with Gasteiger partial charge < -0.3 is 19.7 Å². The summed E-state index contributed by atoms with van der Waals surface area (Å²) in [5.41, 5.74) is 1.58. The van der Waals surface area contributed by atoms with Crippen molar-refractivity contribution in [2.75, 3.05) is 14.2 Å². The molecule has 1 aliphatic carbocycles. The Morgan fingerprint density at radius 1 is 0.692 bits per heavy atom. The van der Waals surface area contributed by atoms with Gasteiger partial charge in [-0.05, 0) is 35.4 Å². The molecule has 3 rings (SSSR count). The molecule has 2 aromatic carbocycles. The van der Waals surface area contributed by atoms with Crippen molar-refractivity contribution in [2.24, 2.45) is 11.8 Å². The van der Waals surface area contributed by atoms with Gasteiger partial charge in [0.25, 0.3) is 0 Å². The van der Waals surface area contributed by atoms with Gasteiger partial charge in [-0.25, -0.2) is 0 Å². The first kappa shape index (κ1) is 17.8. The molecule has 0 radical (unpaired) electrons. The third kappa shape index (κ3) is 2.98. The van der Waals surface area contributed by atoms with Gasteiger partial charge in [0.2, 0.25) is 0 Å². The number of carbonyl (C=O) groups is 2. The van der Waals surface area contributed by atoms with Crippen LogP contribution in [0.2, 0.25) is 0 Å². The number of carboxylic acid groups (broad SMARTS) is 2. The van der Waals surface area contributed by atoms with Crippen molar-refractivity contribution < 1.29 is 29.3 Å². The van der Waals surface area contributed by atoms with E-state index in [1.54, 1.807) is 62.8 Å². The minimum absolute atomic E-state index is 0.423. The van der Waals surface area contributed by atoms with Gasteiger partial charge >= 0.3 is 11.9 Å². The van der Waals surface area contributed by atoms with Crippen molar-refractivity contribution in [3.63, 3.8) is 0 Å². The van der Waals surface area contributed by atoms with E-state index < -0.39 is 35.6 Å². The molecule has 6 nitrogen and oxygen atoms in total. The second-order valence-electron chi connectivity index (χ2n) is 6.33. The Hall–Kier alpha value is -3.02. The number of benzene rings is 2. The fourth-order valence-corrected chi connectivity index (χ4v) is 3.84. The van der Waals surface area contributed by atoms with Gasteiger partial charge in [-0.1, -0.05) is 24.3 Å². The van der Waals surface area contributed by atoms with Crippen LogP contribution in [0.15, 0.2) is 48.5 Å². The Balaban J connectivity index is 2.03. The van der Waals surface area contributed by atoms with Crippen molar-refractivity contribution in [3.05, 3.63) is 59.7 Å². The molecule has 1 aliphatic rings. The molecule has 0 amide bonds. The van der Waals surface area contributed by atoms with E-state index in [1.807, 2.05) is 0 Å². The highest BCUT2D eigenvalue weighted by molar-refractivity contribution is 5.85. The van der Waals surface area contributed by atoms with Crippen molar-refractivity contribution in [3.8, 4) is 11.5 Å². The number of hydrogen-bond donors (Lipinski definition) is 2. The minimum Gasteiger partial charge on any atom is -0.497 e. The first-order valence-corrected chi connectivity index (χ1v) is 8.21. The Bertz CT molecular complexity index is 727. The van der Waals surface area contributed by atoms with Crippen LogP contribution >= 0.6 is 0 Å². The van der Waals surface area contributed by atoms with Crippen LogP contribution in [0.1, 0.15) is 23.0 Å². The second-order valence-corrected chi connectivity index (χ2v) is 6.33. The van der Waals surface area contributed by atoms with E-state index in [0.717, 1.165) is 11.1 Å². The van der Waals surface area contributed by atoms with Crippen LogP contribution in [0.4, 0.5) is 0 Å². The lowest BCUT2D eigenvalue weighted by atomic mass is 9.52. The Labute approximate surface area is 151 Å². The van der Waals surface area contributed by atoms with E-state index in [9.17, 15) is 19.8 Å². The fraction of sp³-hybridized carbons (Fsp3) is 0.300. The summed E-state index contributed by atoms with van der Waals surface area (Å²) in [5.74, 6) is -3.67. The minimum atomic E-state index is -1.09. The molecule has 0 aromatic heterocycles. The smallest absolute Gasteiger partial charge is 0.308 e. The van der Waals surface area contributed by atoms with Crippen LogP contribution in [0.5, 0.6) is 11.5 Å². The van der Waals surface area contributed by atoms with Gasteiger partial charge in [0.15, 0.2) is 0 Å². The standard InChI is InChI=1S/C20H20O6/c1-25-13-7-3-11(4-8-13)15-16(12-5-9-14(26-2)10-6-12)18(20(23)24)17(15)19(21)22/h3-10,15-18H,1-2H3,(H,21,22)(H,23,24)/t15-,16-,17+,18+/m0/s1. The third-order valence-corrected chi connectivity index (χ3v) is 5.12. The molecular weight excluding hydrogens is 336 g/mol. The maximum Gasteiger partial charge on any atom is 0.308 e. The van der Waals surface area contributed by atoms with Crippen LogP contribution in [-0.2, 0) is 9.59 Å². The van der Waals surface area contributed by atoms with Crippen molar-refractivity contribution in [1.82, 2.24) is 0 Å². The number of rotatable bonds is 6. The highest BCUT2D eigenvalue weighted by atomic mass is 16.5. The lowest BCUT2D eigenvalue weighted by Crippen LogP contribution is -2.51. The average molecular weight is 356 g/mol. The Morgan fingerprint density at radius 3 is 1.23 bits per heavy atom. The molecule has 0 saturated heterocycles.